The van der Waals surface area contributed by atoms with Gasteiger partial charge in [-0.3, -0.25) is 14.3 Å². The molecule has 0 aliphatic heterocycles. The van der Waals surface area contributed by atoms with Crippen molar-refractivity contribution in [1.82, 2.24) is 14.8 Å². The van der Waals surface area contributed by atoms with Crippen LogP contribution in [0.2, 0.25) is 0 Å². The summed E-state index contributed by atoms with van der Waals surface area (Å²) in [4.78, 5) is 13.0. The lowest BCUT2D eigenvalue weighted by Crippen LogP contribution is -2.28. The molecule has 146 valence electrons. The molecule has 1 aliphatic carbocycles. The maximum Gasteiger partial charge on any atom is 0.323 e. The van der Waals surface area contributed by atoms with Crippen molar-refractivity contribution < 1.29 is 14.3 Å². The molecule has 2 aromatic carbocycles. The van der Waals surface area contributed by atoms with E-state index in [9.17, 15) is 14.3 Å². The van der Waals surface area contributed by atoms with Crippen LogP contribution in [0, 0.1) is 5.82 Å². The zero-order valence-corrected chi connectivity index (χ0v) is 16.1. The fourth-order valence-electron chi connectivity index (χ4n) is 3.53. The second kappa shape index (κ2) is 7.59. The predicted octanol–water partition coefficient (Wildman–Crippen LogP) is 3.68. The molecule has 0 amide bonds. The summed E-state index contributed by atoms with van der Waals surface area (Å²) >= 11 is 0. The molecule has 0 saturated heterocycles. The van der Waals surface area contributed by atoms with Crippen LogP contribution in [0.4, 0.5) is 16.0 Å². The van der Waals surface area contributed by atoms with E-state index in [1.165, 1.54) is 12.1 Å². The Morgan fingerprint density at radius 2 is 1.79 bits per heavy atom. The summed E-state index contributed by atoms with van der Waals surface area (Å²) in [6.45, 7) is -0.223. The molecule has 0 bridgehead atoms. The molecular formula is C20H20ClFN4O2. The number of benzene rings is 2. The van der Waals surface area contributed by atoms with Crippen LogP contribution in [0.3, 0.4) is 0 Å². The van der Waals surface area contributed by atoms with E-state index in [-0.39, 0.29) is 30.2 Å². The van der Waals surface area contributed by atoms with E-state index in [0.29, 0.717) is 5.95 Å². The van der Waals surface area contributed by atoms with E-state index >= 15 is 0 Å². The zero-order chi connectivity index (χ0) is 19.0. The summed E-state index contributed by atoms with van der Waals surface area (Å²) in [5.74, 6) is -0.00426. The summed E-state index contributed by atoms with van der Waals surface area (Å²) < 4.78 is 15.1. The molecule has 1 aromatic heterocycles. The van der Waals surface area contributed by atoms with Gasteiger partial charge in [0.2, 0.25) is 5.95 Å². The molecule has 6 nitrogen and oxygen atoms in total. The SMILES string of the molecule is Cl.Cn1c(N(CC(=O)O)c2ccccc2)nnc1C1(c2ccc(F)cc2)CC1. The molecule has 4 rings (SSSR count). The van der Waals surface area contributed by atoms with Crippen molar-refractivity contribution >= 4 is 30.0 Å². The first kappa shape index (κ1) is 19.8. The minimum absolute atomic E-state index is 0. The number of anilines is 2. The van der Waals surface area contributed by atoms with Crippen LogP contribution in [-0.2, 0) is 17.3 Å². The van der Waals surface area contributed by atoms with Crippen molar-refractivity contribution in [1.29, 1.82) is 0 Å². The molecule has 0 radical (unpaired) electrons. The summed E-state index contributed by atoms with van der Waals surface area (Å²) in [5.41, 5.74) is 1.43. The highest BCUT2D eigenvalue weighted by molar-refractivity contribution is 5.85. The van der Waals surface area contributed by atoms with Crippen LogP contribution < -0.4 is 4.90 Å². The molecule has 1 fully saturated rings. The molecule has 28 heavy (non-hydrogen) atoms. The number of halogens is 2. The Labute approximate surface area is 168 Å². The lowest BCUT2D eigenvalue weighted by Gasteiger charge is -2.22. The highest BCUT2D eigenvalue weighted by Crippen LogP contribution is 2.53. The third kappa shape index (κ3) is 3.45. The highest BCUT2D eigenvalue weighted by atomic mass is 35.5. The summed E-state index contributed by atoms with van der Waals surface area (Å²) in [6.07, 6.45) is 1.80. The van der Waals surface area contributed by atoms with Gasteiger partial charge < -0.3 is 5.11 Å². The molecule has 0 unspecified atom stereocenters. The first-order valence-electron chi connectivity index (χ1n) is 8.71. The minimum Gasteiger partial charge on any atom is -0.480 e. The molecular weight excluding hydrogens is 383 g/mol. The van der Waals surface area contributed by atoms with Crippen LogP contribution in [0.15, 0.2) is 54.6 Å². The normalized spacial score (nSPS) is 14.2. The topological polar surface area (TPSA) is 71.2 Å². The van der Waals surface area contributed by atoms with E-state index in [0.717, 1.165) is 29.9 Å². The number of rotatable bonds is 6. The number of aromatic nitrogens is 3. The van der Waals surface area contributed by atoms with Gasteiger partial charge in [0.1, 0.15) is 18.2 Å². The second-order valence-electron chi connectivity index (χ2n) is 6.79. The van der Waals surface area contributed by atoms with Gasteiger partial charge in [0, 0.05) is 12.7 Å². The smallest absolute Gasteiger partial charge is 0.323 e. The van der Waals surface area contributed by atoms with Crippen molar-refractivity contribution in [3.8, 4) is 0 Å². The molecule has 1 N–H and O–H groups in total. The Morgan fingerprint density at radius 1 is 1.14 bits per heavy atom. The fourth-order valence-corrected chi connectivity index (χ4v) is 3.53. The third-order valence-corrected chi connectivity index (χ3v) is 5.03. The minimum atomic E-state index is -0.955. The standard InChI is InChI=1S/C20H19FN4O2.ClH/c1-24-18(20(11-12-20)14-7-9-15(21)10-8-14)22-23-19(24)25(13-17(26)27)16-5-3-2-4-6-16;/h2-10H,11-13H2,1H3,(H,26,27);1H. The zero-order valence-electron chi connectivity index (χ0n) is 15.2. The van der Waals surface area contributed by atoms with Crippen molar-refractivity contribution in [2.24, 2.45) is 7.05 Å². The molecule has 1 aliphatic rings. The van der Waals surface area contributed by atoms with Crippen molar-refractivity contribution in [2.75, 3.05) is 11.4 Å². The summed E-state index contributed by atoms with van der Waals surface area (Å²) in [6, 6.07) is 15.7. The van der Waals surface area contributed by atoms with Gasteiger partial charge in [-0.25, -0.2) is 4.39 Å². The van der Waals surface area contributed by atoms with E-state index in [4.69, 9.17) is 0 Å². The largest absolute Gasteiger partial charge is 0.480 e. The monoisotopic (exact) mass is 402 g/mol. The van der Waals surface area contributed by atoms with E-state index in [1.54, 1.807) is 17.0 Å². The van der Waals surface area contributed by atoms with Crippen LogP contribution in [0.1, 0.15) is 24.2 Å². The molecule has 0 spiro atoms. The lowest BCUT2D eigenvalue weighted by molar-refractivity contribution is -0.135. The van der Waals surface area contributed by atoms with Gasteiger partial charge in [-0.1, -0.05) is 30.3 Å². The number of carboxylic acid groups (broad SMARTS) is 1. The van der Waals surface area contributed by atoms with Crippen molar-refractivity contribution in [3.05, 3.63) is 71.8 Å². The fraction of sp³-hybridized carbons (Fsp3) is 0.250. The maximum atomic E-state index is 13.3. The molecule has 1 heterocycles. The average molecular weight is 403 g/mol. The van der Waals surface area contributed by atoms with Crippen LogP contribution >= 0.6 is 12.4 Å². The third-order valence-electron chi connectivity index (χ3n) is 5.03. The van der Waals surface area contributed by atoms with Gasteiger partial charge in [0.15, 0.2) is 0 Å². The van der Waals surface area contributed by atoms with Crippen LogP contribution in [0.5, 0.6) is 0 Å². The second-order valence-corrected chi connectivity index (χ2v) is 6.79. The Morgan fingerprint density at radius 3 is 2.36 bits per heavy atom. The summed E-state index contributed by atoms with van der Waals surface area (Å²) in [5, 5.41) is 18.0. The number of nitrogens with zero attached hydrogens (tertiary/aromatic N) is 4. The highest BCUT2D eigenvalue weighted by Gasteiger charge is 2.50. The van der Waals surface area contributed by atoms with Gasteiger partial charge in [-0.2, -0.15) is 0 Å². The van der Waals surface area contributed by atoms with E-state index < -0.39 is 5.97 Å². The van der Waals surface area contributed by atoms with Gasteiger partial charge in [-0.15, -0.1) is 22.6 Å². The molecule has 3 aromatic rings. The number of hydrogen-bond donors (Lipinski definition) is 1. The molecule has 8 heteroatoms. The van der Waals surface area contributed by atoms with Crippen molar-refractivity contribution in [2.45, 2.75) is 18.3 Å². The van der Waals surface area contributed by atoms with Crippen molar-refractivity contribution in [3.63, 3.8) is 0 Å². The Balaban J connectivity index is 0.00000225. The lowest BCUT2D eigenvalue weighted by atomic mass is 9.95. The first-order chi connectivity index (χ1) is 13.0. The maximum absolute atomic E-state index is 13.3. The Bertz CT molecular complexity index is 972. The summed E-state index contributed by atoms with van der Waals surface area (Å²) in [7, 11) is 1.84. The van der Waals surface area contributed by atoms with Gasteiger partial charge in [0.25, 0.3) is 0 Å². The van der Waals surface area contributed by atoms with E-state index in [1.807, 2.05) is 41.9 Å². The number of carboxylic acids is 1. The van der Waals surface area contributed by atoms with Gasteiger partial charge in [-0.05, 0) is 42.7 Å². The first-order valence-corrected chi connectivity index (χ1v) is 8.71. The Hall–Kier alpha value is -2.93. The van der Waals surface area contributed by atoms with Gasteiger partial charge >= 0.3 is 5.97 Å². The number of para-hydroxylation sites is 1. The average Bonchev–Trinajstić information content (AvgIpc) is 3.38. The predicted molar refractivity (Wildman–Crippen MR) is 106 cm³/mol. The van der Waals surface area contributed by atoms with Crippen LogP contribution in [0.25, 0.3) is 0 Å². The Kier molecular flexibility index (Phi) is 5.38. The van der Waals surface area contributed by atoms with Gasteiger partial charge in [0.05, 0.1) is 5.41 Å². The number of hydrogen-bond acceptors (Lipinski definition) is 4. The quantitative estimate of drug-likeness (QED) is 0.681. The molecule has 0 atom stereocenters. The van der Waals surface area contributed by atoms with Crippen LogP contribution in [-0.4, -0.2) is 32.4 Å². The number of aliphatic carboxylic acids is 1. The number of carbonyl (C=O) groups is 1. The molecule has 1 saturated carbocycles. The van der Waals surface area contributed by atoms with E-state index in [2.05, 4.69) is 10.2 Å².